The van der Waals surface area contributed by atoms with Crippen LogP contribution in [0.1, 0.15) is 12.0 Å². The molecule has 1 atom stereocenters. The van der Waals surface area contributed by atoms with E-state index in [1.807, 2.05) is 44.6 Å². The number of aliphatic imine (C=N–C) groups is 1. The van der Waals surface area contributed by atoms with E-state index in [4.69, 9.17) is 5.73 Å². The van der Waals surface area contributed by atoms with E-state index in [2.05, 4.69) is 33.5 Å². The van der Waals surface area contributed by atoms with E-state index in [9.17, 15) is 0 Å². The van der Waals surface area contributed by atoms with Crippen molar-refractivity contribution in [2.75, 3.05) is 26.0 Å². The maximum absolute atomic E-state index is 6.31. The van der Waals surface area contributed by atoms with Gasteiger partial charge in [-0.25, -0.2) is 4.99 Å². The molecule has 0 aromatic heterocycles. The first-order chi connectivity index (χ1) is 9.48. The van der Waals surface area contributed by atoms with Crippen LogP contribution in [0.5, 0.6) is 0 Å². The lowest BCUT2D eigenvalue weighted by Gasteiger charge is -2.28. The highest BCUT2D eigenvalue weighted by Crippen LogP contribution is 2.17. The molecule has 0 bridgehead atoms. The molecular weight excluding hydrogens is 250 g/mol. The molecule has 5 heteroatoms. The van der Waals surface area contributed by atoms with Gasteiger partial charge in [-0.3, -0.25) is 0 Å². The van der Waals surface area contributed by atoms with Crippen LogP contribution in [-0.4, -0.2) is 37.2 Å². The van der Waals surface area contributed by atoms with Crippen LogP contribution in [0.3, 0.4) is 0 Å². The number of aryl methyl sites for hydroxylation is 1. The maximum Gasteiger partial charge on any atom is 0.202 e. The maximum atomic E-state index is 6.31. The standard InChI is InChI=1S/C15H23N5/c1-12-6-4-5-7-13(12)18-14-17-10-8-15(16,19-14)9-11-20(2)3/h4-8,10H,9,11,16H2,1-3H3,(H2,17,18,19). The first-order valence-corrected chi connectivity index (χ1v) is 6.79. The zero-order valence-electron chi connectivity index (χ0n) is 12.4. The minimum Gasteiger partial charge on any atom is -0.333 e. The highest BCUT2D eigenvalue weighted by molar-refractivity contribution is 5.95. The van der Waals surface area contributed by atoms with Crippen molar-refractivity contribution in [3.63, 3.8) is 0 Å². The molecule has 1 aliphatic rings. The summed E-state index contributed by atoms with van der Waals surface area (Å²) in [5, 5.41) is 6.39. The fourth-order valence-electron chi connectivity index (χ4n) is 1.99. The Kier molecular flexibility index (Phi) is 4.42. The molecule has 0 spiro atoms. The van der Waals surface area contributed by atoms with Crippen molar-refractivity contribution in [3.8, 4) is 0 Å². The second kappa shape index (κ2) is 6.07. The van der Waals surface area contributed by atoms with Crippen molar-refractivity contribution < 1.29 is 0 Å². The topological polar surface area (TPSA) is 65.7 Å². The van der Waals surface area contributed by atoms with Crippen molar-refractivity contribution in [1.82, 2.24) is 10.2 Å². The van der Waals surface area contributed by atoms with Crippen LogP contribution in [-0.2, 0) is 0 Å². The molecule has 0 fully saturated rings. The van der Waals surface area contributed by atoms with Gasteiger partial charge in [-0.15, -0.1) is 0 Å². The van der Waals surface area contributed by atoms with Gasteiger partial charge in [0.2, 0.25) is 5.96 Å². The van der Waals surface area contributed by atoms with Gasteiger partial charge >= 0.3 is 0 Å². The van der Waals surface area contributed by atoms with Gasteiger partial charge < -0.3 is 21.3 Å². The number of nitrogens with two attached hydrogens (primary N) is 1. The summed E-state index contributed by atoms with van der Waals surface area (Å²) in [6.45, 7) is 2.95. The zero-order valence-corrected chi connectivity index (χ0v) is 12.4. The Labute approximate surface area is 120 Å². The van der Waals surface area contributed by atoms with Crippen LogP contribution in [0.4, 0.5) is 5.69 Å². The van der Waals surface area contributed by atoms with E-state index in [-0.39, 0.29) is 0 Å². The molecule has 1 aliphatic heterocycles. The van der Waals surface area contributed by atoms with Gasteiger partial charge in [-0.05, 0) is 38.7 Å². The lowest BCUT2D eigenvalue weighted by molar-refractivity contribution is 0.352. The molecule has 20 heavy (non-hydrogen) atoms. The molecule has 1 aromatic rings. The third kappa shape index (κ3) is 3.82. The van der Waals surface area contributed by atoms with Crippen molar-refractivity contribution in [2.24, 2.45) is 10.7 Å². The quantitative estimate of drug-likeness (QED) is 0.777. The SMILES string of the molecule is Cc1ccccc1NC1=NC(N)(CCN(C)C)C=CN1. The van der Waals surface area contributed by atoms with Gasteiger partial charge in [0.15, 0.2) is 0 Å². The van der Waals surface area contributed by atoms with Gasteiger partial charge in [0, 0.05) is 24.9 Å². The molecule has 1 heterocycles. The number of rotatable bonds is 4. The van der Waals surface area contributed by atoms with E-state index >= 15 is 0 Å². The third-order valence-electron chi connectivity index (χ3n) is 3.27. The highest BCUT2D eigenvalue weighted by atomic mass is 15.2. The molecular formula is C15H23N5. The van der Waals surface area contributed by atoms with Crippen molar-refractivity contribution in [2.45, 2.75) is 19.0 Å². The van der Waals surface area contributed by atoms with Crippen LogP contribution in [0, 0.1) is 6.92 Å². The Bertz CT molecular complexity index is 521. The number of nitrogens with zero attached hydrogens (tertiary/aromatic N) is 2. The Hall–Kier alpha value is -1.85. The average Bonchev–Trinajstić information content (AvgIpc) is 2.40. The highest BCUT2D eigenvalue weighted by Gasteiger charge is 2.24. The summed E-state index contributed by atoms with van der Waals surface area (Å²) < 4.78 is 0. The minimum absolute atomic E-state index is 0.652. The molecule has 0 saturated heterocycles. The van der Waals surface area contributed by atoms with Crippen molar-refractivity contribution in [1.29, 1.82) is 0 Å². The zero-order chi connectivity index (χ0) is 14.6. The Morgan fingerprint density at radius 3 is 2.80 bits per heavy atom. The summed E-state index contributed by atoms with van der Waals surface area (Å²) in [4.78, 5) is 6.69. The second-order valence-corrected chi connectivity index (χ2v) is 5.42. The first-order valence-electron chi connectivity index (χ1n) is 6.79. The summed E-state index contributed by atoms with van der Waals surface area (Å²) in [6.07, 6.45) is 4.53. The van der Waals surface area contributed by atoms with E-state index < -0.39 is 5.66 Å². The summed E-state index contributed by atoms with van der Waals surface area (Å²) in [5.41, 5.74) is 7.86. The number of nitrogens with one attached hydrogen (secondary N) is 2. The van der Waals surface area contributed by atoms with Crippen LogP contribution in [0.25, 0.3) is 0 Å². The van der Waals surface area contributed by atoms with E-state index in [1.165, 1.54) is 5.56 Å². The molecule has 1 aromatic carbocycles. The molecule has 0 radical (unpaired) electrons. The molecule has 4 N–H and O–H groups in total. The molecule has 0 amide bonds. The number of guanidine groups is 1. The smallest absolute Gasteiger partial charge is 0.202 e. The molecule has 108 valence electrons. The third-order valence-corrected chi connectivity index (χ3v) is 3.27. The number of benzene rings is 1. The largest absolute Gasteiger partial charge is 0.333 e. The number of hydrogen-bond donors (Lipinski definition) is 3. The van der Waals surface area contributed by atoms with E-state index in [1.54, 1.807) is 0 Å². The van der Waals surface area contributed by atoms with Gasteiger partial charge in [-0.1, -0.05) is 18.2 Å². The van der Waals surface area contributed by atoms with Crippen LogP contribution in [0.15, 0.2) is 41.5 Å². The normalized spacial score (nSPS) is 21.6. The van der Waals surface area contributed by atoms with Crippen LogP contribution in [0.2, 0.25) is 0 Å². The fourth-order valence-corrected chi connectivity index (χ4v) is 1.99. The summed E-state index contributed by atoms with van der Waals surface area (Å²) >= 11 is 0. The van der Waals surface area contributed by atoms with Gasteiger partial charge in [0.1, 0.15) is 5.66 Å². The predicted octanol–water partition coefficient (Wildman–Crippen LogP) is 1.49. The summed E-state index contributed by atoms with van der Waals surface area (Å²) in [6, 6.07) is 8.09. The molecule has 0 aliphatic carbocycles. The number of hydrogen-bond acceptors (Lipinski definition) is 5. The van der Waals surface area contributed by atoms with Gasteiger partial charge in [-0.2, -0.15) is 0 Å². The average molecular weight is 273 g/mol. The molecule has 2 rings (SSSR count). The minimum atomic E-state index is -0.652. The van der Waals surface area contributed by atoms with E-state index in [0.717, 1.165) is 18.7 Å². The number of anilines is 1. The van der Waals surface area contributed by atoms with Gasteiger partial charge in [0.25, 0.3) is 0 Å². The summed E-state index contributed by atoms with van der Waals surface area (Å²) in [5.74, 6) is 0.683. The van der Waals surface area contributed by atoms with Crippen molar-refractivity contribution in [3.05, 3.63) is 42.1 Å². The van der Waals surface area contributed by atoms with Crippen molar-refractivity contribution >= 4 is 11.6 Å². The monoisotopic (exact) mass is 273 g/mol. The lowest BCUT2D eigenvalue weighted by Crippen LogP contribution is -2.45. The first kappa shape index (κ1) is 14.6. The Morgan fingerprint density at radius 1 is 1.35 bits per heavy atom. The lowest BCUT2D eigenvalue weighted by atomic mass is 10.1. The van der Waals surface area contributed by atoms with E-state index in [0.29, 0.717) is 5.96 Å². The van der Waals surface area contributed by atoms with Crippen LogP contribution >= 0.6 is 0 Å². The molecule has 0 saturated carbocycles. The Balaban J connectivity index is 2.09. The fraction of sp³-hybridized carbons (Fsp3) is 0.400. The molecule has 5 nitrogen and oxygen atoms in total. The summed E-state index contributed by atoms with van der Waals surface area (Å²) in [7, 11) is 4.06. The van der Waals surface area contributed by atoms with Gasteiger partial charge in [0.05, 0.1) is 0 Å². The Morgan fingerprint density at radius 2 is 2.10 bits per heavy atom. The second-order valence-electron chi connectivity index (χ2n) is 5.42. The predicted molar refractivity (Wildman–Crippen MR) is 84.6 cm³/mol. The van der Waals surface area contributed by atoms with Crippen LogP contribution < -0.4 is 16.4 Å². The number of para-hydroxylation sites is 1. The molecule has 1 unspecified atom stereocenters.